The Morgan fingerprint density at radius 2 is 2.26 bits per heavy atom. The van der Waals surface area contributed by atoms with Crippen LogP contribution >= 0.6 is 15.9 Å². The van der Waals surface area contributed by atoms with Crippen molar-refractivity contribution in [2.75, 3.05) is 0 Å². The van der Waals surface area contributed by atoms with Crippen molar-refractivity contribution in [3.63, 3.8) is 0 Å². The van der Waals surface area contributed by atoms with Gasteiger partial charge in [-0.1, -0.05) is 12.8 Å². The summed E-state index contributed by atoms with van der Waals surface area (Å²) in [4.78, 5) is 21.8. The normalized spacial score (nSPS) is 15.6. The zero-order valence-electron chi connectivity index (χ0n) is 10.3. The molecule has 1 N–H and O–H groups in total. The minimum atomic E-state index is -0.556. The van der Waals surface area contributed by atoms with Crippen molar-refractivity contribution in [2.45, 2.75) is 44.7 Å². The van der Waals surface area contributed by atoms with E-state index < -0.39 is 4.92 Å². The van der Waals surface area contributed by atoms with Gasteiger partial charge < -0.3 is 15.4 Å². The summed E-state index contributed by atoms with van der Waals surface area (Å²) < 4.78 is 1.74. The Labute approximate surface area is 118 Å². The summed E-state index contributed by atoms with van der Waals surface area (Å²) in [5, 5.41) is 17.4. The summed E-state index contributed by atoms with van der Waals surface area (Å²) in [7, 11) is 0. The zero-order valence-corrected chi connectivity index (χ0v) is 11.9. The lowest BCUT2D eigenvalue weighted by molar-refractivity contribution is -0.390. The average Bonchev–Trinajstić information content (AvgIpc) is 2.96. The molecule has 1 heterocycles. The molecule has 1 aromatic rings. The quantitative estimate of drug-likeness (QED) is 0.660. The summed E-state index contributed by atoms with van der Waals surface area (Å²) in [6.07, 6.45) is 6.23. The zero-order chi connectivity index (χ0) is 13.8. The molecule has 0 unspecified atom stereocenters. The Kier molecular flexibility index (Phi) is 4.52. The van der Waals surface area contributed by atoms with Gasteiger partial charge in [0, 0.05) is 12.5 Å². The molecule has 8 heteroatoms. The number of nitrogens with one attached hydrogen (secondary N) is 1. The van der Waals surface area contributed by atoms with Gasteiger partial charge in [0.15, 0.2) is 0 Å². The van der Waals surface area contributed by atoms with E-state index in [9.17, 15) is 14.9 Å². The number of rotatable bonds is 5. The lowest BCUT2D eigenvalue weighted by Gasteiger charge is -2.10. The van der Waals surface area contributed by atoms with Gasteiger partial charge in [-0.05, 0) is 33.7 Å². The van der Waals surface area contributed by atoms with Crippen LogP contribution in [-0.4, -0.2) is 26.7 Å². The maximum absolute atomic E-state index is 11.7. The molecule has 19 heavy (non-hydrogen) atoms. The fraction of sp³-hybridized carbons (Fsp3) is 0.636. The van der Waals surface area contributed by atoms with E-state index >= 15 is 0 Å². The van der Waals surface area contributed by atoms with Crippen LogP contribution in [0.5, 0.6) is 0 Å². The van der Waals surface area contributed by atoms with Gasteiger partial charge in [-0.3, -0.25) is 4.79 Å². The molecule has 104 valence electrons. The first-order valence-corrected chi connectivity index (χ1v) is 7.02. The molecule has 0 bridgehead atoms. The molecule has 2 rings (SSSR count). The number of nitro groups is 1. The van der Waals surface area contributed by atoms with Crippen molar-refractivity contribution in [2.24, 2.45) is 0 Å². The van der Waals surface area contributed by atoms with E-state index in [1.165, 1.54) is 23.7 Å². The van der Waals surface area contributed by atoms with Crippen LogP contribution in [0.4, 0.5) is 5.82 Å². The molecule has 1 amide bonds. The van der Waals surface area contributed by atoms with Gasteiger partial charge in [0.25, 0.3) is 0 Å². The number of hydrogen-bond acceptors (Lipinski definition) is 4. The Hall–Kier alpha value is -1.44. The van der Waals surface area contributed by atoms with Gasteiger partial charge in [0.05, 0.1) is 17.8 Å². The molecular weight excluding hydrogens is 316 g/mol. The molecule has 0 aliphatic heterocycles. The van der Waals surface area contributed by atoms with E-state index in [1.54, 1.807) is 0 Å². The minimum absolute atomic E-state index is 0.0267. The lowest BCUT2D eigenvalue weighted by Crippen LogP contribution is -2.33. The van der Waals surface area contributed by atoms with Crippen molar-refractivity contribution in [1.82, 2.24) is 15.1 Å². The molecule has 0 atom stereocenters. The highest BCUT2D eigenvalue weighted by atomic mass is 79.9. The smallest absolute Gasteiger partial charge is 0.358 e. The summed E-state index contributed by atoms with van der Waals surface area (Å²) in [5.41, 5.74) is 0. The van der Waals surface area contributed by atoms with Gasteiger partial charge in [0.2, 0.25) is 5.91 Å². The topological polar surface area (TPSA) is 90.1 Å². The summed E-state index contributed by atoms with van der Waals surface area (Å²) in [6.45, 7) is 0.338. The van der Waals surface area contributed by atoms with Crippen LogP contribution in [0.25, 0.3) is 0 Å². The molecule has 1 aliphatic carbocycles. The second-order valence-corrected chi connectivity index (χ2v) is 5.47. The molecular formula is C11H15BrN4O3. The molecule has 1 fully saturated rings. The van der Waals surface area contributed by atoms with Crippen LogP contribution in [0.3, 0.4) is 0 Å². The Bertz CT molecular complexity index is 482. The largest absolute Gasteiger partial charge is 0.404 e. The first-order valence-electron chi connectivity index (χ1n) is 6.23. The van der Waals surface area contributed by atoms with E-state index in [1.807, 2.05) is 0 Å². The van der Waals surface area contributed by atoms with E-state index in [-0.39, 0.29) is 18.1 Å². The van der Waals surface area contributed by atoms with Gasteiger partial charge in [-0.2, -0.15) is 4.68 Å². The number of carbonyl (C=O) groups excluding carboxylic acids is 1. The predicted molar refractivity (Wildman–Crippen MR) is 71.6 cm³/mol. The SMILES string of the molecule is O=C(CCn1cc(Br)c([N+](=O)[O-])n1)NC1CCCC1. The molecule has 7 nitrogen and oxygen atoms in total. The minimum Gasteiger partial charge on any atom is -0.358 e. The fourth-order valence-corrected chi connectivity index (χ4v) is 2.67. The number of aromatic nitrogens is 2. The van der Waals surface area contributed by atoms with E-state index in [0.717, 1.165) is 12.8 Å². The van der Waals surface area contributed by atoms with Crippen LogP contribution in [0.15, 0.2) is 10.7 Å². The maximum Gasteiger partial charge on any atom is 0.404 e. The van der Waals surface area contributed by atoms with Crippen LogP contribution in [0.1, 0.15) is 32.1 Å². The number of nitrogens with zero attached hydrogens (tertiary/aromatic N) is 3. The fourth-order valence-electron chi connectivity index (χ4n) is 2.21. The Morgan fingerprint density at radius 1 is 1.58 bits per heavy atom. The van der Waals surface area contributed by atoms with Crippen molar-refractivity contribution < 1.29 is 9.72 Å². The molecule has 1 aromatic heterocycles. The highest BCUT2D eigenvalue weighted by Crippen LogP contribution is 2.22. The van der Waals surface area contributed by atoms with E-state index in [4.69, 9.17) is 0 Å². The van der Waals surface area contributed by atoms with Crippen LogP contribution in [0, 0.1) is 10.1 Å². The molecule has 1 saturated carbocycles. The van der Waals surface area contributed by atoms with Crippen molar-refractivity contribution in [3.05, 3.63) is 20.8 Å². The monoisotopic (exact) mass is 330 g/mol. The van der Waals surface area contributed by atoms with Gasteiger partial charge in [0.1, 0.15) is 4.47 Å². The number of halogens is 1. The molecule has 0 aromatic carbocycles. The molecule has 0 saturated heterocycles. The molecule has 0 radical (unpaired) electrons. The van der Waals surface area contributed by atoms with E-state index in [0.29, 0.717) is 17.1 Å². The highest BCUT2D eigenvalue weighted by Gasteiger charge is 2.20. The first kappa shape index (κ1) is 14.0. The van der Waals surface area contributed by atoms with Crippen molar-refractivity contribution in [1.29, 1.82) is 0 Å². The number of carbonyl (C=O) groups is 1. The van der Waals surface area contributed by atoms with Crippen LogP contribution < -0.4 is 5.32 Å². The maximum atomic E-state index is 11.7. The highest BCUT2D eigenvalue weighted by molar-refractivity contribution is 9.10. The summed E-state index contributed by atoms with van der Waals surface area (Å²) in [6, 6.07) is 0.297. The summed E-state index contributed by atoms with van der Waals surface area (Å²) in [5.74, 6) is -0.252. The van der Waals surface area contributed by atoms with Crippen molar-refractivity contribution >= 4 is 27.7 Å². The molecule has 0 spiro atoms. The lowest BCUT2D eigenvalue weighted by atomic mass is 10.2. The Balaban J connectivity index is 1.82. The Morgan fingerprint density at radius 3 is 2.84 bits per heavy atom. The van der Waals surface area contributed by atoms with Gasteiger partial charge in [-0.15, -0.1) is 0 Å². The third-order valence-electron chi connectivity index (χ3n) is 3.16. The average molecular weight is 331 g/mol. The number of aryl methyl sites for hydroxylation is 1. The van der Waals surface area contributed by atoms with Gasteiger partial charge in [-0.25, -0.2) is 0 Å². The third-order valence-corrected chi connectivity index (χ3v) is 3.72. The second kappa shape index (κ2) is 6.14. The van der Waals surface area contributed by atoms with Crippen LogP contribution in [0.2, 0.25) is 0 Å². The van der Waals surface area contributed by atoms with Gasteiger partial charge >= 0.3 is 5.82 Å². The van der Waals surface area contributed by atoms with E-state index in [2.05, 4.69) is 26.3 Å². The predicted octanol–water partition coefficient (Wildman–Crippen LogP) is 2.00. The summed E-state index contributed by atoms with van der Waals surface area (Å²) >= 11 is 3.07. The standard InChI is InChI=1S/C11H15BrN4O3/c12-9-7-15(14-11(9)16(18)19)6-5-10(17)13-8-3-1-2-4-8/h7-8H,1-6H2,(H,13,17). The first-order chi connectivity index (χ1) is 9.06. The number of hydrogen-bond donors (Lipinski definition) is 1. The number of amides is 1. The second-order valence-electron chi connectivity index (χ2n) is 4.62. The van der Waals surface area contributed by atoms with Crippen molar-refractivity contribution in [3.8, 4) is 0 Å². The van der Waals surface area contributed by atoms with Crippen LogP contribution in [-0.2, 0) is 11.3 Å². The molecule has 1 aliphatic rings. The third kappa shape index (κ3) is 3.76.